The molecule has 0 saturated carbocycles. The maximum atomic E-state index is 10.8. The molecular formula is C9H7N3O3. The van der Waals surface area contributed by atoms with Gasteiger partial charge in [0.15, 0.2) is 17.5 Å². The first-order valence-corrected chi connectivity index (χ1v) is 4.22. The van der Waals surface area contributed by atoms with Crippen LogP contribution in [-0.2, 0) is 0 Å². The van der Waals surface area contributed by atoms with E-state index in [9.17, 15) is 14.9 Å². The van der Waals surface area contributed by atoms with Crippen LogP contribution in [0.5, 0.6) is 0 Å². The van der Waals surface area contributed by atoms with Crippen molar-refractivity contribution >= 4 is 23.0 Å². The standard InChI is InChI=1S/C9H7N3O3/c1-5-2-3-6-8(10-5)9(12(14)15)7(4-13)11-6/h2-4,11H,1H3. The van der Waals surface area contributed by atoms with E-state index in [4.69, 9.17) is 0 Å². The molecule has 0 saturated heterocycles. The van der Waals surface area contributed by atoms with Crippen molar-refractivity contribution in [2.75, 3.05) is 0 Å². The molecule has 0 amide bonds. The topological polar surface area (TPSA) is 88.9 Å². The first kappa shape index (κ1) is 9.32. The van der Waals surface area contributed by atoms with Crippen molar-refractivity contribution in [3.63, 3.8) is 0 Å². The summed E-state index contributed by atoms with van der Waals surface area (Å²) in [7, 11) is 0. The van der Waals surface area contributed by atoms with Crippen LogP contribution in [0.15, 0.2) is 12.1 Å². The number of fused-ring (bicyclic) bond motifs is 1. The number of aryl methyl sites for hydroxylation is 1. The van der Waals surface area contributed by atoms with Crippen LogP contribution >= 0.6 is 0 Å². The first-order chi connectivity index (χ1) is 7.13. The van der Waals surface area contributed by atoms with Crippen LogP contribution in [0.25, 0.3) is 11.0 Å². The van der Waals surface area contributed by atoms with E-state index in [-0.39, 0.29) is 16.9 Å². The van der Waals surface area contributed by atoms with Crippen LogP contribution < -0.4 is 0 Å². The van der Waals surface area contributed by atoms with E-state index < -0.39 is 4.92 Å². The fraction of sp³-hybridized carbons (Fsp3) is 0.111. The number of aldehydes is 1. The highest BCUT2D eigenvalue weighted by Crippen LogP contribution is 2.26. The van der Waals surface area contributed by atoms with Gasteiger partial charge in [0.1, 0.15) is 0 Å². The molecule has 0 aromatic carbocycles. The summed E-state index contributed by atoms with van der Waals surface area (Å²) in [5.41, 5.74) is 1.08. The summed E-state index contributed by atoms with van der Waals surface area (Å²) in [4.78, 5) is 27.5. The Labute approximate surface area is 84.1 Å². The highest BCUT2D eigenvalue weighted by Gasteiger charge is 2.22. The van der Waals surface area contributed by atoms with Gasteiger partial charge in [-0.1, -0.05) is 0 Å². The number of hydrogen-bond acceptors (Lipinski definition) is 4. The molecule has 2 rings (SSSR count). The largest absolute Gasteiger partial charge is 0.345 e. The number of aromatic nitrogens is 2. The first-order valence-electron chi connectivity index (χ1n) is 4.22. The highest BCUT2D eigenvalue weighted by molar-refractivity contribution is 5.95. The van der Waals surface area contributed by atoms with Crippen LogP contribution in [0.2, 0.25) is 0 Å². The molecule has 0 bridgehead atoms. The van der Waals surface area contributed by atoms with Gasteiger partial charge in [0.2, 0.25) is 0 Å². The lowest BCUT2D eigenvalue weighted by molar-refractivity contribution is -0.383. The minimum atomic E-state index is -0.602. The summed E-state index contributed by atoms with van der Waals surface area (Å²) >= 11 is 0. The molecule has 0 atom stereocenters. The molecule has 76 valence electrons. The molecule has 0 fully saturated rings. The molecule has 0 spiro atoms. The lowest BCUT2D eigenvalue weighted by Crippen LogP contribution is -1.92. The smallest absolute Gasteiger partial charge is 0.323 e. The number of carbonyl (C=O) groups excluding carboxylic acids is 1. The van der Waals surface area contributed by atoms with Gasteiger partial charge in [0.05, 0.1) is 10.4 Å². The van der Waals surface area contributed by atoms with Gasteiger partial charge in [-0.15, -0.1) is 0 Å². The van der Waals surface area contributed by atoms with Crippen molar-refractivity contribution in [1.82, 2.24) is 9.97 Å². The number of hydrogen-bond donors (Lipinski definition) is 1. The van der Waals surface area contributed by atoms with Crippen LogP contribution in [-0.4, -0.2) is 21.2 Å². The third kappa shape index (κ3) is 1.35. The summed E-state index contributed by atoms with van der Waals surface area (Å²) in [6.07, 6.45) is 0.426. The number of aromatic amines is 1. The molecule has 0 radical (unpaired) electrons. The van der Waals surface area contributed by atoms with Gasteiger partial charge in [0.25, 0.3) is 0 Å². The van der Waals surface area contributed by atoms with Gasteiger partial charge in [-0.25, -0.2) is 4.98 Å². The summed E-state index contributed by atoms with van der Waals surface area (Å²) in [6.45, 7) is 1.73. The SMILES string of the molecule is Cc1ccc2[nH]c(C=O)c([N+](=O)[O-])c2n1. The van der Waals surface area contributed by atoms with Crippen LogP contribution in [0.4, 0.5) is 5.69 Å². The Balaban J connectivity index is 2.88. The lowest BCUT2D eigenvalue weighted by atomic mass is 10.3. The second-order valence-corrected chi connectivity index (χ2v) is 3.11. The number of nitrogens with one attached hydrogen (secondary N) is 1. The number of H-pyrrole nitrogens is 1. The monoisotopic (exact) mass is 205 g/mol. The average Bonchev–Trinajstić information content (AvgIpc) is 2.55. The van der Waals surface area contributed by atoms with E-state index in [0.29, 0.717) is 17.5 Å². The molecule has 0 aliphatic heterocycles. The van der Waals surface area contributed by atoms with Crippen molar-refractivity contribution in [1.29, 1.82) is 0 Å². The summed E-state index contributed by atoms with van der Waals surface area (Å²) in [5.74, 6) is 0. The molecule has 6 heteroatoms. The van der Waals surface area contributed by atoms with E-state index in [2.05, 4.69) is 9.97 Å². The molecule has 0 unspecified atom stereocenters. The minimum absolute atomic E-state index is 0.0481. The minimum Gasteiger partial charge on any atom is -0.345 e. The number of pyridine rings is 1. The molecule has 2 aromatic heterocycles. The number of nitrogens with zero attached hydrogens (tertiary/aromatic N) is 2. The zero-order valence-electron chi connectivity index (χ0n) is 7.85. The van der Waals surface area contributed by atoms with Crippen molar-refractivity contribution in [3.05, 3.63) is 33.6 Å². The molecule has 6 nitrogen and oxygen atoms in total. The van der Waals surface area contributed by atoms with Crippen LogP contribution in [0, 0.1) is 17.0 Å². The van der Waals surface area contributed by atoms with E-state index >= 15 is 0 Å². The second-order valence-electron chi connectivity index (χ2n) is 3.11. The van der Waals surface area contributed by atoms with Gasteiger partial charge in [0, 0.05) is 5.69 Å². The second kappa shape index (κ2) is 3.16. The van der Waals surface area contributed by atoms with Crippen molar-refractivity contribution < 1.29 is 9.72 Å². The Hall–Kier alpha value is -2.24. The molecule has 15 heavy (non-hydrogen) atoms. The predicted octanol–water partition coefficient (Wildman–Crippen LogP) is 1.59. The fourth-order valence-corrected chi connectivity index (χ4v) is 1.44. The number of carbonyl (C=O) groups is 1. The molecule has 2 heterocycles. The normalized spacial score (nSPS) is 10.5. The molecule has 0 aliphatic rings. The van der Waals surface area contributed by atoms with E-state index in [1.165, 1.54) is 0 Å². The van der Waals surface area contributed by atoms with Gasteiger partial charge in [-0.3, -0.25) is 14.9 Å². The van der Waals surface area contributed by atoms with Gasteiger partial charge < -0.3 is 4.98 Å². The van der Waals surface area contributed by atoms with E-state index in [1.54, 1.807) is 19.1 Å². The Kier molecular flexibility index (Phi) is 1.96. The Bertz CT molecular complexity index is 559. The highest BCUT2D eigenvalue weighted by atomic mass is 16.6. The average molecular weight is 205 g/mol. The van der Waals surface area contributed by atoms with Crippen LogP contribution in [0.1, 0.15) is 16.2 Å². The quantitative estimate of drug-likeness (QED) is 0.458. The maximum absolute atomic E-state index is 10.8. The molecule has 0 aliphatic carbocycles. The zero-order valence-corrected chi connectivity index (χ0v) is 7.85. The molecule has 1 N–H and O–H groups in total. The third-order valence-electron chi connectivity index (χ3n) is 2.08. The third-order valence-corrected chi connectivity index (χ3v) is 2.08. The number of nitro groups is 1. The fourth-order valence-electron chi connectivity index (χ4n) is 1.44. The van der Waals surface area contributed by atoms with E-state index in [1.807, 2.05) is 0 Å². The molecule has 2 aromatic rings. The maximum Gasteiger partial charge on any atom is 0.323 e. The van der Waals surface area contributed by atoms with E-state index in [0.717, 1.165) is 0 Å². The van der Waals surface area contributed by atoms with Gasteiger partial charge in [-0.2, -0.15) is 0 Å². The Morgan fingerprint density at radius 3 is 2.87 bits per heavy atom. The van der Waals surface area contributed by atoms with Crippen molar-refractivity contribution in [2.45, 2.75) is 6.92 Å². The van der Waals surface area contributed by atoms with Gasteiger partial charge in [-0.05, 0) is 19.1 Å². The predicted molar refractivity (Wildman–Crippen MR) is 52.9 cm³/mol. The summed E-state index contributed by atoms with van der Waals surface area (Å²) in [6, 6.07) is 3.38. The summed E-state index contributed by atoms with van der Waals surface area (Å²) < 4.78 is 0. The summed E-state index contributed by atoms with van der Waals surface area (Å²) in [5, 5.41) is 10.8. The zero-order chi connectivity index (χ0) is 11.0. The Morgan fingerprint density at radius 2 is 2.27 bits per heavy atom. The lowest BCUT2D eigenvalue weighted by Gasteiger charge is -1.91. The Morgan fingerprint density at radius 1 is 1.53 bits per heavy atom. The molecular weight excluding hydrogens is 198 g/mol. The van der Waals surface area contributed by atoms with Crippen molar-refractivity contribution in [2.24, 2.45) is 0 Å². The van der Waals surface area contributed by atoms with Crippen molar-refractivity contribution in [3.8, 4) is 0 Å². The number of rotatable bonds is 2. The van der Waals surface area contributed by atoms with Crippen LogP contribution in [0.3, 0.4) is 0 Å². The van der Waals surface area contributed by atoms with Gasteiger partial charge >= 0.3 is 5.69 Å².